The second-order valence-electron chi connectivity index (χ2n) is 13.5. The number of nitrogens with one attached hydrogen (secondary N) is 1. The molecule has 7 nitrogen and oxygen atoms in total. The van der Waals surface area contributed by atoms with Crippen LogP contribution in [-0.2, 0) is 14.6 Å². The van der Waals surface area contributed by atoms with Crippen molar-refractivity contribution in [3.63, 3.8) is 0 Å². The number of likely N-dealkylation sites (tertiary alicyclic amines) is 1. The average molecular weight is 662 g/mol. The summed E-state index contributed by atoms with van der Waals surface area (Å²) >= 11 is 8.23. The highest BCUT2D eigenvalue weighted by molar-refractivity contribution is 7.16. The fraction of sp³-hybridized carbons (Fsp3) is 0.500. The van der Waals surface area contributed by atoms with Crippen molar-refractivity contribution < 1.29 is 27.5 Å². The van der Waals surface area contributed by atoms with Crippen molar-refractivity contribution in [1.82, 2.24) is 9.88 Å². The molecule has 1 saturated carbocycles. The van der Waals surface area contributed by atoms with Gasteiger partial charge in [-0.2, -0.15) is 0 Å². The van der Waals surface area contributed by atoms with E-state index in [1.165, 1.54) is 23.5 Å². The molecular formula is C32H38ClF2N3O4SSi. The number of halogens is 3. The SMILES string of the molecule is Cc1nc(NC(=O)C2(c3ccc4c(c3)OC(F)(F)O4)CC2)sc1[C@@H](c1ccccc1Cl)N1CC[C@H](O[Si](C)(C)C(C)(C)C)C1. The number of ether oxygens (including phenoxy) is 2. The number of aryl methyl sites for hydroxylation is 1. The summed E-state index contributed by atoms with van der Waals surface area (Å²) in [6, 6.07) is 12.3. The van der Waals surface area contributed by atoms with Crippen molar-refractivity contribution in [2.24, 2.45) is 0 Å². The van der Waals surface area contributed by atoms with Crippen LogP contribution in [0.2, 0.25) is 23.2 Å². The second kappa shape index (κ2) is 11.0. The zero-order chi connectivity index (χ0) is 31.7. The Morgan fingerprint density at radius 2 is 1.89 bits per heavy atom. The van der Waals surface area contributed by atoms with Gasteiger partial charge >= 0.3 is 6.29 Å². The molecule has 2 aromatic carbocycles. The Morgan fingerprint density at radius 3 is 2.57 bits per heavy atom. The van der Waals surface area contributed by atoms with Crippen molar-refractivity contribution in [1.29, 1.82) is 0 Å². The van der Waals surface area contributed by atoms with Gasteiger partial charge in [0.1, 0.15) is 0 Å². The molecule has 0 bridgehead atoms. The lowest BCUT2D eigenvalue weighted by Gasteiger charge is -2.38. The van der Waals surface area contributed by atoms with Crippen LogP contribution in [0.5, 0.6) is 11.5 Å². The van der Waals surface area contributed by atoms with Gasteiger partial charge in [-0.05, 0) is 73.6 Å². The number of aromatic nitrogens is 1. The highest BCUT2D eigenvalue weighted by Gasteiger charge is 2.53. The first-order chi connectivity index (χ1) is 20.6. The summed E-state index contributed by atoms with van der Waals surface area (Å²) in [6.45, 7) is 14.9. The molecule has 2 aliphatic heterocycles. The first-order valence-corrected chi connectivity index (χ1v) is 19.0. The molecule has 1 saturated heterocycles. The van der Waals surface area contributed by atoms with Gasteiger partial charge in [0, 0.05) is 18.1 Å². The van der Waals surface area contributed by atoms with Gasteiger partial charge in [0.15, 0.2) is 24.9 Å². The molecule has 3 aliphatic rings. The van der Waals surface area contributed by atoms with E-state index in [1.807, 2.05) is 25.1 Å². The lowest BCUT2D eigenvalue weighted by molar-refractivity contribution is -0.286. The first-order valence-electron chi connectivity index (χ1n) is 14.9. The van der Waals surface area contributed by atoms with E-state index >= 15 is 0 Å². The Bertz CT molecular complexity index is 1590. The molecule has 236 valence electrons. The minimum absolute atomic E-state index is 0.0420. The minimum Gasteiger partial charge on any atom is -0.413 e. The van der Waals surface area contributed by atoms with Crippen LogP contribution in [-0.4, -0.2) is 49.6 Å². The predicted molar refractivity (Wildman–Crippen MR) is 171 cm³/mol. The normalized spacial score (nSPS) is 21.3. The van der Waals surface area contributed by atoms with Gasteiger partial charge in [-0.25, -0.2) is 4.98 Å². The molecule has 12 heteroatoms. The van der Waals surface area contributed by atoms with Gasteiger partial charge in [0.25, 0.3) is 0 Å². The number of thiazole rings is 1. The van der Waals surface area contributed by atoms with E-state index in [2.05, 4.69) is 59.6 Å². The molecule has 44 heavy (non-hydrogen) atoms. The number of amides is 1. The van der Waals surface area contributed by atoms with Gasteiger partial charge in [0.05, 0.1) is 28.1 Å². The van der Waals surface area contributed by atoms with Crippen molar-refractivity contribution >= 4 is 42.3 Å². The number of rotatable bonds is 8. The van der Waals surface area contributed by atoms with Crippen molar-refractivity contribution in [3.8, 4) is 11.5 Å². The first kappa shape index (κ1) is 31.4. The minimum atomic E-state index is -3.71. The van der Waals surface area contributed by atoms with E-state index in [-0.39, 0.29) is 34.6 Å². The Morgan fingerprint density at radius 1 is 1.18 bits per heavy atom. The molecule has 6 rings (SSSR count). The third-order valence-corrected chi connectivity index (χ3v) is 15.5. The number of benzene rings is 2. The Balaban J connectivity index is 1.24. The standard InChI is InChI=1S/C32H38ClF2N3O4SSi/c1-19-27(26(22-9-7-8-10-23(22)33)38-16-13-21(18-38)42-44(5,6)30(2,3)4)43-29(36-19)37-28(39)31(14-15-31)20-11-12-24-25(17-20)41-32(34,35)40-24/h7-12,17,21,26H,13-16,18H2,1-6H3,(H,36,37,39)/t21-,26+/m0/s1. The molecule has 3 heterocycles. The topological polar surface area (TPSA) is 72.9 Å². The third kappa shape index (κ3) is 5.89. The third-order valence-electron chi connectivity index (χ3n) is 9.45. The summed E-state index contributed by atoms with van der Waals surface area (Å²) in [7, 11) is -1.94. The van der Waals surface area contributed by atoms with E-state index in [0.717, 1.165) is 35.6 Å². The number of alkyl halides is 2. The highest BCUT2D eigenvalue weighted by Crippen LogP contribution is 2.53. The molecule has 0 spiro atoms. The number of nitrogens with zero attached hydrogens (tertiary/aromatic N) is 2. The smallest absolute Gasteiger partial charge is 0.413 e. The molecular weight excluding hydrogens is 624 g/mol. The van der Waals surface area contributed by atoms with Gasteiger partial charge < -0.3 is 19.2 Å². The summed E-state index contributed by atoms with van der Waals surface area (Å²) < 4.78 is 43.1. The number of carbonyl (C=O) groups is 1. The maximum atomic E-state index is 13.6. The lowest BCUT2D eigenvalue weighted by atomic mass is 9.94. The molecule has 1 N–H and O–H groups in total. The Labute approximate surface area is 267 Å². The predicted octanol–water partition coefficient (Wildman–Crippen LogP) is 8.28. The number of carbonyl (C=O) groups excluding carboxylic acids is 1. The summed E-state index contributed by atoms with van der Waals surface area (Å²) in [6.07, 6.45) is -1.46. The largest absolute Gasteiger partial charge is 0.586 e. The number of hydrogen-bond acceptors (Lipinski definition) is 7. The zero-order valence-corrected chi connectivity index (χ0v) is 28.4. The van der Waals surface area contributed by atoms with Crippen LogP contribution < -0.4 is 14.8 Å². The van der Waals surface area contributed by atoms with Gasteiger partial charge in [-0.15, -0.1) is 8.78 Å². The van der Waals surface area contributed by atoms with Crippen LogP contribution >= 0.6 is 22.9 Å². The lowest BCUT2D eigenvalue weighted by Crippen LogP contribution is -2.44. The monoisotopic (exact) mass is 661 g/mol. The number of anilines is 1. The number of hydrogen-bond donors (Lipinski definition) is 1. The van der Waals surface area contributed by atoms with Crippen molar-refractivity contribution in [2.45, 2.75) is 88.9 Å². The molecule has 1 aliphatic carbocycles. The number of fused-ring (bicyclic) bond motifs is 1. The van der Waals surface area contributed by atoms with Crippen molar-refractivity contribution in [3.05, 3.63) is 69.2 Å². The van der Waals surface area contributed by atoms with E-state index in [0.29, 0.717) is 28.6 Å². The van der Waals surface area contributed by atoms with Crippen LogP contribution in [0.3, 0.4) is 0 Å². The average Bonchev–Trinajstić information content (AvgIpc) is 3.34. The van der Waals surface area contributed by atoms with Gasteiger partial charge in [0.2, 0.25) is 5.91 Å². The summed E-state index contributed by atoms with van der Waals surface area (Å²) in [5.74, 6) is -0.329. The maximum absolute atomic E-state index is 13.6. The Hall–Kier alpha value is -2.57. The second-order valence-corrected chi connectivity index (χ2v) is 19.7. The molecule has 2 atom stereocenters. The molecule has 0 unspecified atom stereocenters. The maximum Gasteiger partial charge on any atom is 0.586 e. The van der Waals surface area contributed by atoms with Crippen LogP contribution in [0.4, 0.5) is 13.9 Å². The molecule has 3 aromatic rings. The van der Waals surface area contributed by atoms with Crippen molar-refractivity contribution in [2.75, 3.05) is 18.4 Å². The highest BCUT2D eigenvalue weighted by atomic mass is 35.5. The van der Waals surface area contributed by atoms with Gasteiger partial charge in [-0.1, -0.05) is 68.0 Å². The molecule has 2 fully saturated rings. The molecule has 1 amide bonds. The fourth-order valence-corrected chi connectivity index (χ4v) is 8.56. The summed E-state index contributed by atoms with van der Waals surface area (Å²) in [5.41, 5.74) is 1.59. The quantitative estimate of drug-likeness (QED) is 0.245. The molecule has 0 radical (unpaired) electrons. The van der Waals surface area contributed by atoms with Gasteiger partial charge in [-0.3, -0.25) is 9.69 Å². The van der Waals surface area contributed by atoms with Crippen LogP contribution in [0, 0.1) is 6.92 Å². The summed E-state index contributed by atoms with van der Waals surface area (Å²) in [5, 5.41) is 4.32. The van der Waals surface area contributed by atoms with E-state index in [1.54, 1.807) is 6.07 Å². The summed E-state index contributed by atoms with van der Waals surface area (Å²) in [4.78, 5) is 21.8. The Kier molecular flexibility index (Phi) is 7.89. The fourth-order valence-electron chi connectivity index (χ4n) is 5.83. The van der Waals surface area contributed by atoms with E-state index < -0.39 is 20.0 Å². The van der Waals surface area contributed by atoms with E-state index in [9.17, 15) is 13.6 Å². The van der Waals surface area contributed by atoms with Crippen LogP contribution in [0.25, 0.3) is 0 Å². The van der Waals surface area contributed by atoms with E-state index in [4.69, 9.17) is 21.0 Å². The van der Waals surface area contributed by atoms with Crippen LogP contribution in [0.15, 0.2) is 42.5 Å². The van der Waals surface area contributed by atoms with Crippen LogP contribution in [0.1, 0.15) is 67.8 Å². The zero-order valence-electron chi connectivity index (χ0n) is 25.8. The molecule has 1 aromatic heterocycles.